The second kappa shape index (κ2) is 11.7. The molecule has 0 saturated carbocycles. The number of carbonyl (C=O) groups is 2. The summed E-state index contributed by atoms with van der Waals surface area (Å²) in [5.74, 6) is -1.48. The zero-order valence-corrected chi connectivity index (χ0v) is 16.2. The van der Waals surface area contributed by atoms with E-state index in [1.807, 2.05) is 0 Å². The third-order valence-electron chi connectivity index (χ3n) is 4.45. The smallest absolute Gasteiger partial charge is 0.416 e. The van der Waals surface area contributed by atoms with Crippen molar-refractivity contribution in [3.63, 3.8) is 0 Å². The van der Waals surface area contributed by atoms with Crippen molar-refractivity contribution in [2.45, 2.75) is 70.2 Å². The van der Waals surface area contributed by atoms with Gasteiger partial charge in [0, 0.05) is 0 Å². The van der Waals surface area contributed by atoms with Gasteiger partial charge in [-0.25, -0.2) is 4.79 Å². The van der Waals surface area contributed by atoms with Gasteiger partial charge in [0.1, 0.15) is 6.04 Å². The van der Waals surface area contributed by atoms with Crippen molar-refractivity contribution < 1.29 is 32.6 Å². The first-order chi connectivity index (χ1) is 13.2. The highest BCUT2D eigenvalue weighted by molar-refractivity contribution is 5.87. The molecule has 0 spiro atoms. The van der Waals surface area contributed by atoms with Crippen LogP contribution in [0.1, 0.15) is 69.1 Å². The second-order valence-electron chi connectivity index (χ2n) is 6.66. The number of aliphatic hydroxyl groups excluding tert-OH is 1. The van der Waals surface area contributed by atoms with E-state index in [0.29, 0.717) is 12.8 Å². The second-order valence-corrected chi connectivity index (χ2v) is 6.66. The number of esters is 1. The first kappa shape index (κ1) is 23.9. The van der Waals surface area contributed by atoms with E-state index in [1.165, 1.54) is 7.11 Å². The summed E-state index contributed by atoms with van der Waals surface area (Å²) in [7, 11) is 1.20. The monoisotopic (exact) mass is 403 g/mol. The summed E-state index contributed by atoms with van der Waals surface area (Å²) in [4.78, 5) is 24.1. The molecule has 0 fully saturated rings. The number of methoxy groups -OCH3 is 1. The van der Waals surface area contributed by atoms with Gasteiger partial charge in [0.05, 0.1) is 12.7 Å². The molecular formula is C20H28F3NO4. The number of carbonyl (C=O) groups excluding carboxylic acids is 2. The Balaban J connectivity index is 2.64. The standard InChI is InChI=1S/C20H28F3NO4/c1-3-4-5-6-7-8-9-16(19(27)28-2)24-18(26)17(25)14-10-12-15(13-11-14)20(21,22)23/h10-13,16-17,25H,3-9H2,1-2H3,(H,24,26)/t16-,17+/m1/s1. The van der Waals surface area contributed by atoms with Crippen molar-refractivity contribution in [3.8, 4) is 0 Å². The molecule has 0 heterocycles. The first-order valence-corrected chi connectivity index (χ1v) is 9.44. The van der Waals surface area contributed by atoms with Crippen LogP contribution >= 0.6 is 0 Å². The Bertz CT molecular complexity index is 617. The highest BCUT2D eigenvalue weighted by Crippen LogP contribution is 2.30. The van der Waals surface area contributed by atoms with Gasteiger partial charge < -0.3 is 15.2 Å². The highest BCUT2D eigenvalue weighted by Gasteiger charge is 2.31. The summed E-state index contributed by atoms with van der Waals surface area (Å²) in [6.07, 6.45) is 0.217. The van der Waals surface area contributed by atoms with Crippen LogP contribution in [0.5, 0.6) is 0 Å². The molecule has 0 saturated heterocycles. The van der Waals surface area contributed by atoms with E-state index >= 15 is 0 Å². The van der Waals surface area contributed by atoms with E-state index in [1.54, 1.807) is 0 Å². The Morgan fingerprint density at radius 1 is 1.07 bits per heavy atom. The van der Waals surface area contributed by atoms with Crippen LogP contribution in [0.4, 0.5) is 13.2 Å². The van der Waals surface area contributed by atoms with Crippen LogP contribution in [0, 0.1) is 0 Å². The van der Waals surface area contributed by atoms with Crippen molar-refractivity contribution in [1.82, 2.24) is 5.32 Å². The lowest BCUT2D eigenvalue weighted by Crippen LogP contribution is -2.43. The number of alkyl halides is 3. The van der Waals surface area contributed by atoms with Crippen LogP contribution < -0.4 is 5.32 Å². The van der Waals surface area contributed by atoms with E-state index in [2.05, 4.69) is 17.0 Å². The molecule has 0 aliphatic heterocycles. The molecule has 1 rings (SSSR count). The van der Waals surface area contributed by atoms with Crippen LogP contribution in [0.2, 0.25) is 0 Å². The summed E-state index contributed by atoms with van der Waals surface area (Å²) in [6, 6.07) is 2.75. The zero-order valence-electron chi connectivity index (χ0n) is 16.2. The Kier molecular flexibility index (Phi) is 9.99. The summed E-state index contributed by atoms with van der Waals surface area (Å²) >= 11 is 0. The predicted molar refractivity (Wildman–Crippen MR) is 98.3 cm³/mol. The maximum atomic E-state index is 12.6. The molecule has 158 valence electrons. The quantitative estimate of drug-likeness (QED) is 0.430. The van der Waals surface area contributed by atoms with Gasteiger partial charge in [-0.1, -0.05) is 57.6 Å². The van der Waals surface area contributed by atoms with Crippen molar-refractivity contribution in [3.05, 3.63) is 35.4 Å². The molecule has 0 radical (unpaired) electrons. The Hall–Kier alpha value is -2.09. The fourth-order valence-corrected chi connectivity index (χ4v) is 2.78. The van der Waals surface area contributed by atoms with E-state index in [4.69, 9.17) is 0 Å². The van der Waals surface area contributed by atoms with Gasteiger partial charge in [-0.15, -0.1) is 0 Å². The predicted octanol–water partition coefficient (Wildman–Crippen LogP) is 4.15. The number of amides is 1. The molecule has 0 unspecified atom stereocenters. The molecule has 0 aliphatic rings. The van der Waals surface area contributed by atoms with Crippen LogP contribution in [0.15, 0.2) is 24.3 Å². The summed E-state index contributed by atoms with van der Waals surface area (Å²) in [5.41, 5.74) is -0.868. The fraction of sp³-hybridized carbons (Fsp3) is 0.600. The van der Waals surface area contributed by atoms with E-state index in [0.717, 1.165) is 56.4 Å². The lowest BCUT2D eigenvalue weighted by atomic mass is 10.0. The molecule has 8 heteroatoms. The number of ether oxygens (including phenoxy) is 1. The minimum absolute atomic E-state index is 0.00804. The molecule has 0 aliphatic carbocycles. The molecule has 2 N–H and O–H groups in total. The normalized spacial score (nSPS) is 13.6. The van der Waals surface area contributed by atoms with Gasteiger partial charge in [-0.05, 0) is 24.1 Å². The van der Waals surface area contributed by atoms with E-state index in [-0.39, 0.29) is 5.56 Å². The Labute approximate surface area is 163 Å². The third-order valence-corrected chi connectivity index (χ3v) is 4.45. The number of rotatable bonds is 11. The van der Waals surface area contributed by atoms with Crippen LogP contribution in [-0.4, -0.2) is 30.1 Å². The average Bonchev–Trinajstić information content (AvgIpc) is 2.67. The SMILES string of the molecule is CCCCCCCC[C@@H](NC(=O)[C@@H](O)c1ccc(C(F)(F)F)cc1)C(=O)OC. The number of hydrogen-bond acceptors (Lipinski definition) is 4. The summed E-state index contributed by atoms with van der Waals surface area (Å²) < 4.78 is 42.5. The van der Waals surface area contributed by atoms with Crippen molar-refractivity contribution in [1.29, 1.82) is 0 Å². The number of benzene rings is 1. The first-order valence-electron chi connectivity index (χ1n) is 9.44. The van der Waals surface area contributed by atoms with Crippen molar-refractivity contribution in [2.75, 3.05) is 7.11 Å². The van der Waals surface area contributed by atoms with Crippen molar-refractivity contribution in [2.24, 2.45) is 0 Å². The number of nitrogens with one attached hydrogen (secondary N) is 1. The number of aliphatic hydroxyl groups is 1. The topological polar surface area (TPSA) is 75.6 Å². The molecule has 1 amide bonds. The molecule has 0 aromatic heterocycles. The van der Waals surface area contributed by atoms with Crippen LogP contribution in [0.3, 0.4) is 0 Å². The van der Waals surface area contributed by atoms with Gasteiger partial charge in [-0.2, -0.15) is 13.2 Å². The van der Waals surface area contributed by atoms with Gasteiger partial charge in [0.15, 0.2) is 6.10 Å². The van der Waals surface area contributed by atoms with Gasteiger partial charge >= 0.3 is 12.1 Å². The molecule has 1 aromatic rings. The van der Waals surface area contributed by atoms with Gasteiger partial charge in [-0.3, -0.25) is 4.79 Å². The maximum absolute atomic E-state index is 12.6. The molecule has 2 atom stereocenters. The maximum Gasteiger partial charge on any atom is 0.416 e. The fourth-order valence-electron chi connectivity index (χ4n) is 2.78. The molecule has 0 bridgehead atoms. The minimum atomic E-state index is -4.50. The number of unbranched alkanes of at least 4 members (excludes halogenated alkanes) is 5. The van der Waals surface area contributed by atoms with Crippen LogP contribution in [-0.2, 0) is 20.5 Å². The van der Waals surface area contributed by atoms with Crippen LogP contribution in [0.25, 0.3) is 0 Å². The van der Waals surface area contributed by atoms with E-state index < -0.39 is 35.8 Å². The third kappa shape index (κ3) is 7.88. The Morgan fingerprint density at radius 2 is 1.64 bits per heavy atom. The number of halogens is 3. The highest BCUT2D eigenvalue weighted by atomic mass is 19.4. The molecule has 28 heavy (non-hydrogen) atoms. The van der Waals surface area contributed by atoms with Crippen molar-refractivity contribution >= 4 is 11.9 Å². The molecule has 5 nitrogen and oxygen atoms in total. The summed E-state index contributed by atoms with van der Waals surface area (Å²) in [5, 5.41) is 12.5. The zero-order chi connectivity index (χ0) is 21.2. The number of hydrogen-bond donors (Lipinski definition) is 2. The van der Waals surface area contributed by atoms with E-state index in [9.17, 15) is 27.9 Å². The van der Waals surface area contributed by atoms with Gasteiger partial charge in [0.2, 0.25) is 0 Å². The average molecular weight is 403 g/mol. The van der Waals surface area contributed by atoms with Gasteiger partial charge in [0.25, 0.3) is 5.91 Å². The Morgan fingerprint density at radius 3 is 2.18 bits per heavy atom. The molecule has 1 aromatic carbocycles. The summed E-state index contributed by atoms with van der Waals surface area (Å²) in [6.45, 7) is 2.12. The largest absolute Gasteiger partial charge is 0.467 e. The lowest BCUT2D eigenvalue weighted by molar-refractivity contribution is -0.146. The lowest BCUT2D eigenvalue weighted by Gasteiger charge is -2.19. The molecular weight excluding hydrogens is 375 g/mol. The minimum Gasteiger partial charge on any atom is -0.467 e.